The van der Waals surface area contributed by atoms with Crippen LogP contribution in [-0.4, -0.2) is 15.8 Å². The molecule has 0 fully saturated rings. The number of ketones is 1. The largest absolute Gasteiger partial charge is 0.335 e. The average molecular weight is 273 g/mol. The Morgan fingerprint density at radius 2 is 1.90 bits per heavy atom. The molecule has 0 amide bonds. The minimum atomic E-state index is -0.185. The number of imidazole rings is 1. The number of nitrogens with one attached hydrogen (secondary N) is 1. The number of carbonyl (C=O) groups is 1. The average Bonchev–Trinajstić information content (AvgIpc) is 2.97. The van der Waals surface area contributed by atoms with Crippen LogP contribution in [0.25, 0.3) is 17.1 Å². The van der Waals surface area contributed by atoms with E-state index in [0.29, 0.717) is 11.4 Å². The van der Waals surface area contributed by atoms with E-state index in [1.165, 1.54) is 6.08 Å². The molecule has 4 nitrogen and oxygen atoms in total. The monoisotopic (exact) mass is 273 g/mol. The van der Waals surface area contributed by atoms with Gasteiger partial charge in [-0.25, -0.2) is 4.98 Å². The van der Waals surface area contributed by atoms with Gasteiger partial charge in [-0.1, -0.05) is 30.3 Å². The quantitative estimate of drug-likeness (QED) is 0.587. The molecule has 0 radical (unpaired) electrons. The van der Waals surface area contributed by atoms with Crippen LogP contribution in [0.1, 0.15) is 21.7 Å². The van der Waals surface area contributed by atoms with Crippen molar-refractivity contribution in [3.05, 3.63) is 71.6 Å². The van der Waals surface area contributed by atoms with E-state index >= 15 is 0 Å². The second-order valence-corrected chi connectivity index (χ2v) is 4.53. The summed E-state index contributed by atoms with van der Waals surface area (Å²) in [7, 11) is 0. The summed E-state index contributed by atoms with van der Waals surface area (Å²) in [6.07, 6.45) is 3.18. The summed E-state index contributed by atoms with van der Waals surface area (Å²) in [5.74, 6) is 0.136. The lowest BCUT2D eigenvalue weighted by atomic mass is 10.1. The molecule has 3 aromatic rings. The summed E-state index contributed by atoms with van der Waals surface area (Å²) >= 11 is 0. The molecule has 0 bridgehead atoms. The Labute approximate surface area is 121 Å². The zero-order valence-electron chi connectivity index (χ0n) is 11.1. The molecule has 0 saturated carbocycles. The van der Waals surface area contributed by atoms with Gasteiger partial charge in [0, 0.05) is 0 Å². The first kappa shape index (κ1) is 12.8. The van der Waals surface area contributed by atoms with Crippen LogP contribution in [-0.2, 0) is 0 Å². The van der Waals surface area contributed by atoms with Crippen molar-refractivity contribution in [3.63, 3.8) is 0 Å². The predicted octanol–water partition coefficient (Wildman–Crippen LogP) is 3.33. The number of nitrogens with zero attached hydrogens (tertiary/aromatic N) is 2. The SMILES string of the molecule is N#Cc1ccc(C=CC(=O)c2nc3ccccc3[nH]2)cc1. The van der Waals surface area contributed by atoms with Crippen LogP contribution in [0.4, 0.5) is 0 Å². The van der Waals surface area contributed by atoms with Crippen molar-refractivity contribution in [1.82, 2.24) is 9.97 Å². The third-order valence-electron chi connectivity index (χ3n) is 3.09. The highest BCUT2D eigenvalue weighted by Gasteiger charge is 2.07. The maximum Gasteiger partial charge on any atom is 0.221 e. The first-order valence-electron chi connectivity index (χ1n) is 6.43. The Morgan fingerprint density at radius 1 is 1.14 bits per heavy atom. The van der Waals surface area contributed by atoms with Crippen molar-refractivity contribution in [3.8, 4) is 6.07 Å². The first-order valence-corrected chi connectivity index (χ1v) is 6.43. The topological polar surface area (TPSA) is 69.5 Å². The van der Waals surface area contributed by atoms with Gasteiger partial charge < -0.3 is 4.98 Å². The lowest BCUT2D eigenvalue weighted by molar-refractivity contribution is 0.103. The third kappa shape index (κ3) is 2.72. The number of hydrogen-bond donors (Lipinski definition) is 1. The van der Waals surface area contributed by atoms with Crippen LogP contribution in [0.2, 0.25) is 0 Å². The number of rotatable bonds is 3. The molecule has 21 heavy (non-hydrogen) atoms. The number of nitriles is 1. The Balaban J connectivity index is 1.81. The van der Waals surface area contributed by atoms with E-state index in [0.717, 1.165) is 16.6 Å². The molecule has 0 aliphatic carbocycles. The maximum atomic E-state index is 12.1. The summed E-state index contributed by atoms with van der Waals surface area (Å²) in [6.45, 7) is 0. The molecule has 2 aromatic carbocycles. The van der Waals surface area contributed by atoms with E-state index in [2.05, 4.69) is 16.0 Å². The van der Waals surface area contributed by atoms with Crippen LogP contribution in [0.5, 0.6) is 0 Å². The number of allylic oxidation sites excluding steroid dienone is 1. The number of carbonyl (C=O) groups excluding carboxylic acids is 1. The lowest BCUT2D eigenvalue weighted by Gasteiger charge is -1.93. The third-order valence-corrected chi connectivity index (χ3v) is 3.09. The smallest absolute Gasteiger partial charge is 0.221 e. The fourth-order valence-electron chi connectivity index (χ4n) is 1.99. The van der Waals surface area contributed by atoms with Crippen LogP contribution in [0.15, 0.2) is 54.6 Å². The highest BCUT2D eigenvalue weighted by Crippen LogP contribution is 2.12. The van der Waals surface area contributed by atoms with Crippen molar-refractivity contribution in [2.75, 3.05) is 0 Å². The lowest BCUT2D eigenvalue weighted by Crippen LogP contribution is -1.96. The summed E-state index contributed by atoms with van der Waals surface area (Å²) in [5.41, 5.74) is 3.06. The molecular formula is C17H11N3O. The maximum absolute atomic E-state index is 12.1. The molecule has 1 aromatic heterocycles. The summed E-state index contributed by atoms with van der Waals surface area (Å²) in [5, 5.41) is 8.73. The summed E-state index contributed by atoms with van der Waals surface area (Å²) in [4.78, 5) is 19.3. The number of para-hydroxylation sites is 2. The van der Waals surface area contributed by atoms with Crippen LogP contribution >= 0.6 is 0 Å². The molecular weight excluding hydrogens is 262 g/mol. The normalized spacial score (nSPS) is 10.8. The number of benzene rings is 2. The van der Waals surface area contributed by atoms with Gasteiger partial charge in [0.05, 0.1) is 22.7 Å². The molecule has 1 N–H and O–H groups in total. The van der Waals surface area contributed by atoms with Gasteiger partial charge in [0.1, 0.15) is 0 Å². The molecule has 0 saturated heterocycles. The van der Waals surface area contributed by atoms with E-state index in [1.54, 1.807) is 30.3 Å². The van der Waals surface area contributed by atoms with E-state index in [-0.39, 0.29) is 5.78 Å². The van der Waals surface area contributed by atoms with Crippen molar-refractivity contribution >= 4 is 22.9 Å². The van der Waals surface area contributed by atoms with Crippen LogP contribution in [0.3, 0.4) is 0 Å². The van der Waals surface area contributed by atoms with Gasteiger partial charge in [-0.05, 0) is 35.9 Å². The number of H-pyrrole nitrogens is 1. The van der Waals surface area contributed by atoms with E-state index in [9.17, 15) is 4.79 Å². The fourth-order valence-corrected chi connectivity index (χ4v) is 1.99. The van der Waals surface area contributed by atoms with Crippen molar-refractivity contribution in [1.29, 1.82) is 5.26 Å². The van der Waals surface area contributed by atoms with E-state index < -0.39 is 0 Å². The first-order chi connectivity index (χ1) is 10.3. The second-order valence-electron chi connectivity index (χ2n) is 4.53. The van der Waals surface area contributed by atoms with Gasteiger partial charge in [-0.3, -0.25) is 4.79 Å². The number of aromatic amines is 1. The Morgan fingerprint density at radius 3 is 2.62 bits per heavy atom. The fraction of sp³-hybridized carbons (Fsp3) is 0. The molecule has 0 spiro atoms. The number of hydrogen-bond acceptors (Lipinski definition) is 3. The Kier molecular flexibility index (Phi) is 3.32. The standard InChI is InChI=1S/C17H11N3O/c18-11-13-7-5-12(6-8-13)9-10-16(21)17-19-14-3-1-2-4-15(14)20-17/h1-10H,(H,19,20). The predicted molar refractivity (Wildman–Crippen MR) is 80.6 cm³/mol. The van der Waals surface area contributed by atoms with Crippen molar-refractivity contribution in [2.24, 2.45) is 0 Å². The number of aromatic nitrogens is 2. The molecule has 100 valence electrons. The zero-order valence-corrected chi connectivity index (χ0v) is 11.1. The Hall–Kier alpha value is -3.19. The Bertz CT molecular complexity index is 834. The zero-order chi connectivity index (χ0) is 14.7. The van der Waals surface area contributed by atoms with Gasteiger partial charge in [-0.2, -0.15) is 5.26 Å². The van der Waals surface area contributed by atoms with Crippen LogP contribution < -0.4 is 0 Å². The van der Waals surface area contributed by atoms with Gasteiger partial charge in [-0.15, -0.1) is 0 Å². The van der Waals surface area contributed by atoms with Gasteiger partial charge in [0.15, 0.2) is 5.82 Å². The molecule has 3 rings (SSSR count). The van der Waals surface area contributed by atoms with Gasteiger partial charge >= 0.3 is 0 Å². The van der Waals surface area contributed by atoms with Gasteiger partial charge in [0.25, 0.3) is 0 Å². The highest BCUT2D eigenvalue weighted by molar-refractivity contribution is 6.05. The van der Waals surface area contributed by atoms with E-state index in [4.69, 9.17) is 5.26 Å². The van der Waals surface area contributed by atoms with Crippen molar-refractivity contribution < 1.29 is 4.79 Å². The summed E-state index contributed by atoms with van der Waals surface area (Å²) in [6, 6.07) is 16.6. The van der Waals surface area contributed by atoms with Gasteiger partial charge in [0.2, 0.25) is 5.78 Å². The minimum absolute atomic E-state index is 0.185. The molecule has 0 unspecified atom stereocenters. The molecule has 0 aliphatic heterocycles. The summed E-state index contributed by atoms with van der Waals surface area (Å²) < 4.78 is 0. The van der Waals surface area contributed by atoms with Crippen molar-refractivity contribution in [2.45, 2.75) is 0 Å². The highest BCUT2D eigenvalue weighted by atomic mass is 16.1. The van der Waals surface area contributed by atoms with E-state index in [1.807, 2.05) is 24.3 Å². The number of fused-ring (bicyclic) bond motifs is 1. The molecule has 0 aliphatic rings. The minimum Gasteiger partial charge on any atom is -0.335 e. The molecule has 1 heterocycles. The second kappa shape index (κ2) is 5.43. The molecule has 4 heteroatoms. The van der Waals surface area contributed by atoms with Crippen LogP contribution in [0, 0.1) is 11.3 Å². The molecule has 0 atom stereocenters.